The molecule has 3 rings (SSSR count). The third-order valence-electron chi connectivity index (χ3n) is 3.98. The summed E-state index contributed by atoms with van der Waals surface area (Å²) in [5, 5.41) is 0.756. The number of carbonyl (C=O) groups is 1. The number of nitrogens with two attached hydrogens (primary N) is 1. The minimum atomic E-state index is -0.484. The highest BCUT2D eigenvalue weighted by molar-refractivity contribution is 5.85. The van der Waals surface area contributed by atoms with Crippen LogP contribution in [0.2, 0.25) is 0 Å². The molecule has 2 N–H and O–H groups in total. The van der Waals surface area contributed by atoms with Gasteiger partial charge in [-0.25, -0.2) is 19.7 Å². The van der Waals surface area contributed by atoms with Gasteiger partial charge in [0, 0.05) is 24.7 Å². The van der Waals surface area contributed by atoms with Crippen LogP contribution in [0.5, 0.6) is 0 Å². The highest BCUT2D eigenvalue weighted by atomic mass is 16.6. The molecule has 0 spiro atoms. The van der Waals surface area contributed by atoms with E-state index in [1.54, 1.807) is 11.8 Å². The van der Waals surface area contributed by atoms with Crippen molar-refractivity contribution in [2.24, 2.45) is 0 Å². The molecular formula is C17H23N5O2. The summed E-state index contributed by atoms with van der Waals surface area (Å²) in [6, 6.07) is 3.85. The van der Waals surface area contributed by atoms with Crippen molar-refractivity contribution in [3.8, 4) is 0 Å². The van der Waals surface area contributed by atoms with Crippen LogP contribution in [0.15, 0.2) is 12.1 Å². The Bertz CT molecular complexity index is 784. The molecule has 2 aromatic heterocycles. The van der Waals surface area contributed by atoms with Crippen LogP contribution in [0.1, 0.15) is 44.6 Å². The van der Waals surface area contributed by atoms with Crippen LogP contribution < -0.4 is 5.73 Å². The van der Waals surface area contributed by atoms with E-state index in [4.69, 9.17) is 10.5 Å². The molecule has 3 heterocycles. The Morgan fingerprint density at radius 3 is 2.75 bits per heavy atom. The van der Waals surface area contributed by atoms with Gasteiger partial charge < -0.3 is 15.4 Å². The third-order valence-corrected chi connectivity index (χ3v) is 3.98. The quantitative estimate of drug-likeness (QED) is 0.864. The molecule has 1 fully saturated rings. The van der Waals surface area contributed by atoms with Gasteiger partial charge >= 0.3 is 6.09 Å². The van der Waals surface area contributed by atoms with Gasteiger partial charge in [-0.2, -0.15) is 0 Å². The molecule has 0 bridgehead atoms. The van der Waals surface area contributed by atoms with E-state index < -0.39 is 5.60 Å². The molecule has 1 aliphatic rings. The van der Waals surface area contributed by atoms with Crippen LogP contribution in [0.25, 0.3) is 11.0 Å². The SMILES string of the molecule is Cc1nc(N)c2ccc([C@H]3CCN(C(=O)OC(C)(C)C)C3)nc2n1. The third kappa shape index (κ3) is 3.39. The number of carbonyl (C=O) groups excluding carboxylic acids is 1. The zero-order valence-electron chi connectivity index (χ0n) is 14.5. The van der Waals surface area contributed by atoms with Crippen molar-refractivity contribution in [1.82, 2.24) is 19.9 Å². The van der Waals surface area contributed by atoms with Crippen molar-refractivity contribution in [3.05, 3.63) is 23.7 Å². The van der Waals surface area contributed by atoms with Crippen molar-refractivity contribution < 1.29 is 9.53 Å². The van der Waals surface area contributed by atoms with Crippen LogP contribution in [-0.2, 0) is 4.74 Å². The Hall–Kier alpha value is -2.44. The molecule has 0 aromatic carbocycles. The minimum Gasteiger partial charge on any atom is -0.444 e. The summed E-state index contributed by atoms with van der Waals surface area (Å²) in [6.07, 6.45) is 0.588. The zero-order chi connectivity index (χ0) is 17.5. The van der Waals surface area contributed by atoms with Crippen LogP contribution in [0.3, 0.4) is 0 Å². The smallest absolute Gasteiger partial charge is 0.410 e. The second-order valence-corrected chi connectivity index (χ2v) is 7.18. The summed E-state index contributed by atoms with van der Waals surface area (Å²) in [5.74, 6) is 1.23. The summed E-state index contributed by atoms with van der Waals surface area (Å²) >= 11 is 0. The fourth-order valence-corrected chi connectivity index (χ4v) is 2.88. The van der Waals surface area contributed by atoms with Gasteiger partial charge in [0.1, 0.15) is 17.2 Å². The average Bonchev–Trinajstić information content (AvgIpc) is 2.94. The summed E-state index contributed by atoms with van der Waals surface area (Å²) in [5.41, 5.74) is 6.96. The molecule has 0 aliphatic carbocycles. The highest BCUT2D eigenvalue weighted by Gasteiger charge is 2.31. The van der Waals surface area contributed by atoms with Gasteiger partial charge in [-0.15, -0.1) is 0 Å². The molecule has 7 nitrogen and oxygen atoms in total. The fraction of sp³-hybridized carbons (Fsp3) is 0.529. The van der Waals surface area contributed by atoms with Crippen molar-refractivity contribution in [1.29, 1.82) is 0 Å². The minimum absolute atomic E-state index is 0.179. The number of aromatic nitrogens is 3. The number of likely N-dealkylation sites (tertiary alicyclic amines) is 1. The van der Waals surface area contributed by atoms with Crippen LogP contribution >= 0.6 is 0 Å². The Morgan fingerprint density at radius 2 is 2.04 bits per heavy atom. The lowest BCUT2D eigenvalue weighted by Crippen LogP contribution is -2.35. The molecule has 7 heteroatoms. The van der Waals surface area contributed by atoms with Gasteiger partial charge in [-0.05, 0) is 46.2 Å². The molecule has 1 aliphatic heterocycles. The number of fused-ring (bicyclic) bond motifs is 1. The van der Waals surface area contributed by atoms with E-state index in [1.807, 2.05) is 32.9 Å². The number of aryl methyl sites for hydroxylation is 1. The van der Waals surface area contributed by atoms with Crippen LogP contribution in [0.4, 0.5) is 10.6 Å². The molecule has 1 amide bonds. The maximum atomic E-state index is 12.2. The molecule has 1 saturated heterocycles. The average molecular weight is 329 g/mol. The van der Waals surface area contributed by atoms with Crippen molar-refractivity contribution >= 4 is 22.9 Å². The first-order valence-corrected chi connectivity index (χ1v) is 8.11. The summed E-state index contributed by atoms with van der Waals surface area (Å²) in [7, 11) is 0. The van der Waals surface area contributed by atoms with E-state index in [1.165, 1.54) is 0 Å². The number of nitrogen functional groups attached to an aromatic ring is 1. The molecule has 1 atom stereocenters. The van der Waals surface area contributed by atoms with Crippen molar-refractivity contribution in [2.45, 2.75) is 45.6 Å². The number of amides is 1. The summed E-state index contributed by atoms with van der Waals surface area (Å²) < 4.78 is 5.44. The zero-order valence-corrected chi connectivity index (χ0v) is 14.5. The Morgan fingerprint density at radius 1 is 1.29 bits per heavy atom. The lowest BCUT2D eigenvalue weighted by Gasteiger charge is -2.24. The van der Waals surface area contributed by atoms with E-state index in [-0.39, 0.29) is 12.0 Å². The van der Waals surface area contributed by atoms with Gasteiger partial charge in [-0.1, -0.05) is 0 Å². The number of rotatable bonds is 1. The Labute approximate surface area is 141 Å². The first kappa shape index (κ1) is 16.4. The molecule has 2 aromatic rings. The number of hydrogen-bond donors (Lipinski definition) is 1. The Kier molecular flexibility index (Phi) is 4.03. The number of anilines is 1. The van der Waals surface area contributed by atoms with Crippen LogP contribution in [-0.4, -0.2) is 44.6 Å². The van der Waals surface area contributed by atoms with Crippen molar-refractivity contribution in [3.63, 3.8) is 0 Å². The lowest BCUT2D eigenvalue weighted by atomic mass is 10.0. The van der Waals surface area contributed by atoms with E-state index >= 15 is 0 Å². The molecule has 128 valence electrons. The largest absolute Gasteiger partial charge is 0.444 e. The van der Waals surface area contributed by atoms with Gasteiger partial charge in [0.05, 0.1) is 5.39 Å². The molecule has 0 saturated carbocycles. The second kappa shape index (κ2) is 5.89. The van der Waals surface area contributed by atoms with E-state index in [2.05, 4.69) is 15.0 Å². The predicted molar refractivity (Wildman–Crippen MR) is 91.6 cm³/mol. The van der Waals surface area contributed by atoms with Gasteiger partial charge in [0.2, 0.25) is 0 Å². The monoisotopic (exact) mass is 329 g/mol. The number of nitrogens with zero attached hydrogens (tertiary/aromatic N) is 4. The fourth-order valence-electron chi connectivity index (χ4n) is 2.88. The summed E-state index contributed by atoms with van der Waals surface area (Å²) in [6.45, 7) is 8.68. The maximum Gasteiger partial charge on any atom is 0.410 e. The number of pyridine rings is 1. The molecule has 24 heavy (non-hydrogen) atoms. The predicted octanol–water partition coefficient (Wildman–Crippen LogP) is 2.64. The van der Waals surface area contributed by atoms with Crippen LogP contribution in [0, 0.1) is 6.92 Å². The van der Waals surface area contributed by atoms with E-state index in [0.717, 1.165) is 17.5 Å². The standard InChI is InChI=1S/C17H23N5O2/c1-10-19-14(18)12-5-6-13(21-15(12)20-10)11-7-8-22(9-11)16(23)24-17(2,3)4/h5-6,11H,7-9H2,1-4H3,(H2,18,19,20,21)/t11-/m0/s1. The Balaban J connectivity index is 1.78. The van der Waals surface area contributed by atoms with Gasteiger partial charge in [0.25, 0.3) is 0 Å². The molecular weight excluding hydrogens is 306 g/mol. The topological polar surface area (TPSA) is 94.2 Å². The lowest BCUT2D eigenvalue weighted by molar-refractivity contribution is 0.0292. The second-order valence-electron chi connectivity index (χ2n) is 7.18. The molecule has 0 radical (unpaired) electrons. The summed E-state index contributed by atoms with van der Waals surface area (Å²) in [4.78, 5) is 27.1. The van der Waals surface area contributed by atoms with Crippen molar-refractivity contribution in [2.75, 3.05) is 18.8 Å². The molecule has 0 unspecified atom stereocenters. The first-order valence-electron chi connectivity index (χ1n) is 8.11. The van der Waals surface area contributed by atoms with E-state index in [0.29, 0.717) is 30.4 Å². The number of hydrogen-bond acceptors (Lipinski definition) is 6. The number of ether oxygens (including phenoxy) is 1. The van der Waals surface area contributed by atoms with Gasteiger partial charge in [0.15, 0.2) is 5.65 Å². The van der Waals surface area contributed by atoms with E-state index in [9.17, 15) is 4.79 Å². The van der Waals surface area contributed by atoms with Gasteiger partial charge in [-0.3, -0.25) is 0 Å². The highest BCUT2D eigenvalue weighted by Crippen LogP contribution is 2.28. The first-order chi connectivity index (χ1) is 11.2. The maximum absolute atomic E-state index is 12.2. The normalized spacial score (nSPS) is 18.2.